The first-order valence-electron chi connectivity index (χ1n) is 1.55. The summed E-state index contributed by atoms with van der Waals surface area (Å²) in [6.45, 7) is 7.83. The van der Waals surface area contributed by atoms with Crippen LogP contribution in [0.5, 0.6) is 0 Å². The van der Waals surface area contributed by atoms with Crippen molar-refractivity contribution in [2.24, 2.45) is 0 Å². The van der Waals surface area contributed by atoms with E-state index in [1.54, 1.807) is 0 Å². The SMILES string of the molecule is B#[S-](I)OCC. The van der Waals surface area contributed by atoms with Crippen LogP contribution >= 0.6 is 21.2 Å². The summed E-state index contributed by atoms with van der Waals surface area (Å²) < 4.78 is 4.83. The third-order valence-electron chi connectivity index (χ3n) is 0.230. The molecule has 0 N–H and O–H groups in total. The molecule has 0 aromatic rings. The second-order valence-electron chi connectivity index (χ2n) is 0.655. The first-order valence-corrected chi connectivity index (χ1v) is 5.31. The van der Waals surface area contributed by atoms with Gasteiger partial charge in [-0.15, -0.1) is 0 Å². The van der Waals surface area contributed by atoms with Gasteiger partial charge >= 0.3 is 53.0 Å². The molecule has 0 saturated heterocycles. The van der Waals surface area contributed by atoms with Crippen molar-refractivity contribution in [3.05, 3.63) is 0 Å². The van der Waals surface area contributed by atoms with E-state index in [2.05, 4.69) is 0 Å². The Bertz CT molecular complexity index is 85.3. The van der Waals surface area contributed by atoms with Crippen LogP contribution in [0.4, 0.5) is 0 Å². The molecule has 6 heavy (non-hydrogen) atoms. The van der Waals surface area contributed by atoms with Crippen molar-refractivity contribution >= 4 is 35.3 Å². The van der Waals surface area contributed by atoms with Crippen LogP contribution in [0.3, 0.4) is 0 Å². The Balaban J connectivity index is 2.91. The fourth-order valence-electron chi connectivity index (χ4n) is 0.113. The van der Waals surface area contributed by atoms with Gasteiger partial charge in [0.1, 0.15) is 0 Å². The molecule has 0 bridgehead atoms. The van der Waals surface area contributed by atoms with Crippen molar-refractivity contribution in [3.63, 3.8) is 0 Å². The van der Waals surface area contributed by atoms with Gasteiger partial charge < -0.3 is 0 Å². The molecule has 0 aromatic carbocycles. The van der Waals surface area contributed by atoms with Crippen LogP contribution in [0, 0.1) is 0 Å². The quantitative estimate of drug-likeness (QED) is 0.360. The van der Waals surface area contributed by atoms with Crippen molar-refractivity contribution in [1.82, 2.24) is 0 Å². The molecule has 0 saturated carbocycles. The molecule has 0 rings (SSSR count). The molecular formula is C2H5BIOS-. The molecule has 0 aliphatic heterocycles. The summed E-state index contributed by atoms with van der Waals surface area (Å²) >= 11 is 2.03. The van der Waals surface area contributed by atoms with Crippen molar-refractivity contribution in [2.45, 2.75) is 6.92 Å². The van der Waals surface area contributed by atoms with E-state index in [1.807, 2.05) is 28.1 Å². The van der Waals surface area contributed by atoms with Gasteiger partial charge in [0.05, 0.1) is 0 Å². The Labute approximate surface area is 53.1 Å². The van der Waals surface area contributed by atoms with E-state index >= 15 is 0 Å². The summed E-state index contributed by atoms with van der Waals surface area (Å²) in [6.07, 6.45) is 0. The zero-order valence-corrected chi connectivity index (χ0v) is 6.45. The van der Waals surface area contributed by atoms with Gasteiger partial charge in [0.2, 0.25) is 0 Å². The fourth-order valence-corrected chi connectivity index (χ4v) is 1.10. The van der Waals surface area contributed by atoms with E-state index in [9.17, 15) is 0 Å². The molecule has 0 aliphatic carbocycles. The van der Waals surface area contributed by atoms with Gasteiger partial charge in [-0.05, 0) is 0 Å². The molecule has 0 aromatic heterocycles. The van der Waals surface area contributed by atoms with Crippen LogP contribution in [0.1, 0.15) is 6.92 Å². The minimum atomic E-state index is -0.346. The summed E-state index contributed by atoms with van der Waals surface area (Å²) in [6, 6.07) is 0. The number of rotatable bonds is 1. The number of hydrogen-bond donors (Lipinski definition) is 0. The van der Waals surface area contributed by atoms with E-state index in [0.717, 1.165) is 0 Å². The summed E-state index contributed by atoms with van der Waals surface area (Å²) in [5.74, 6) is 0. The van der Waals surface area contributed by atoms with Crippen LogP contribution in [0.2, 0.25) is 0 Å². The van der Waals surface area contributed by atoms with Crippen LogP contribution in [-0.2, 0) is 11.8 Å². The maximum absolute atomic E-state index is 5.20. The average molecular weight is 215 g/mol. The Morgan fingerprint density at radius 1 is 2.00 bits per heavy atom. The van der Waals surface area contributed by atoms with E-state index in [4.69, 9.17) is 10.7 Å². The minimum absolute atomic E-state index is 0.346. The summed E-state index contributed by atoms with van der Waals surface area (Å²) in [7, 11) is -0.346. The molecular weight excluding hydrogens is 210 g/mol. The molecule has 0 aliphatic rings. The second-order valence-corrected chi connectivity index (χ2v) is 3.99. The predicted octanol–water partition coefficient (Wildman–Crippen LogP) is 0.990. The molecule has 0 radical (unpaired) electrons. The molecule has 1 nitrogen and oxygen atoms in total. The van der Waals surface area contributed by atoms with Gasteiger partial charge in [0.25, 0.3) is 0 Å². The standard InChI is InChI=1S/C2H5BIOS/c1-2-5-6(3)4/h2H2,1H3/q-1. The van der Waals surface area contributed by atoms with Crippen LogP contribution in [-0.4, -0.2) is 13.1 Å². The average Bonchev–Trinajstić information content (AvgIpc) is 1.35. The van der Waals surface area contributed by atoms with Crippen molar-refractivity contribution < 1.29 is 4.18 Å². The third-order valence-corrected chi connectivity index (χ3v) is 1.45. The van der Waals surface area contributed by atoms with Gasteiger partial charge in [0, 0.05) is 0 Å². The number of halogens is 1. The van der Waals surface area contributed by atoms with Crippen molar-refractivity contribution in [3.8, 4) is 0 Å². The molecule has 0 atom stereocenters. The molecule has 0 spiro atoms. The Kier molecular flexibility index (Phi) is 5.05. The van der Waals surface area contributed by atoms with Gasteiger partial charge in [-0.2, -0.15) is 0 Å². The monoisotopic (exact) mass is 215 g/mol. The van der Waals surface area contributed by atoms with Crippen LogP contribution < -0.4 is 0 Å². The molecule has 0 unspecified atom stereocenters. The van der Waals surface area contributed by atoms with Gasteiger partial charge in [-0.3, -0.25) is 0 Å². The van der Waals surface area contributed by atoms with E-state index < -0.39 is 0 Å². The molecule has 36 valence electrons. The summed E-state index contributed by atoms with van der Waals surface area (Å²) in [5, 5.41) is 0. The molecule has 0 fully saturated rings. The summed E-state index contributed by atoms with van der Waals surface area (Å²) in [5.41, 5.74) is 0. The maximum atomic E-state index is 5.20. The molecule has 4 heteroatoms. The first kappa shape index (κ1) is 7.10. The zero-order chi connectivity index (χ0) is 4.99. The molecule has 0 heterocycles. The van der Waals surface area contributed by atoms with Gasteiger partial charge in [-0.1, -0.05) is 0 Å². The van der Waals surface area contributed by atoms with Crippen LogP contribution in [0.25, 0.3) is 0 Å². The third kappa shape index (κ3) is 5.10. The number of hydrogen-bond acceptors (Lipinski definition) is 2. The Morgan fingerprint density at radius 2 is 2.50 bits per heavy atom. The van der Waals surface area contributed by atoms with Crippen molar-refractivity contribution in [1.29, 1.82) is 0 Å². The topological polar surface area (TPSA) is 9.23 Å². The van der Waals surface area contributed by atoms with Crippen molar-refractivity contribution in [2.75, 3.05) is 6.61 Å². The van der Waals surface area contributed by atoms with Gasteiger partial charge in [0.15, 0.2) is 0 Å². The summed E-state index contributed by atoms with van der Waals surface area (Å²) in [4.78, 5) is 0. The first-order chi connectivity index (χ1) is 2.77. The molecule has 0 amide bonds. The van der Waals surface area contributed by atoms with E-state index in [0.29, 0.717) is 6.61 Å². The predicted molar refractivity (Wildman–Crippen MR) is 38.8 cm³/mol. The normalized spacial score (nSPS) is 10.2. The van der Waals surface area contributed by atoms with E-state index in [-0.39, 0.29) is 7.58 Å². The Hall–Kier alpha value is 1.10. The fraction of sp³-hybridized carbons (Fsp3) is 1.00. The van der Waals surface area contributed by atoms with Gasteiger partial charge in [-0.25, -0.2) is 0 Å². The second kappa shape index (κ2) is 4.27. The van der Waals surface area contributed by atoms with Crippen LogP contribution in [0.15, 0.2) is 0 Å². The Morgan fingerprint density at radius 3 is 2.50 bits per heavy atom. The zero-order valence-electron chi connectivity index (χ0n) is 3.48. The van der Waals surface area contributed by atoms with E-state index in [1.165, 1.54) is 0 Å².